The first-order valence-electron chi connectivity index (χ1n) is 10.9. The Labute approximate surface area is 185 Å². The van der Waals surface area contributed by atoms with Crippen molar-refractivity contribution >= 4 is 11.6 Å². The Balaban J connectivity index is 1.41. The van der Waals surface area contributed by atoms with Gasteiger partial charge >= 0.3 is 0 Å². The van der Waals surface area contributed by atoms with Crippen molar-refractivity contribution < 1.29 is 14.6 Å². The number of allylic oxidation sites excluding steroid dienone is 1. The molecule has 3 heteroatoms. The third-order valence-corrected chi connectivity index (χ3v) is 6.15. The van der Waals surface area contributed by atoms with Crippen molar-refractivity contribution in [3.05, 3.63) is 102 Å². The van der Waals surface area contributed by atoms with Gasteiger partial charge in [-0.2, -0.15) is 0 Å². The molecule has 3 nitrogen and oxygen atoms in total. The van der Waals surface area contributed by atoms with Crippen LogP contribution < -0.4 is 4.74 Å². The van der Waals surface area contributed by atoms with Gasteiger partial charge in [0.25, 0.3) is 0 Å². The summed E-state index contributed by atoms with van der Waals surface area (Å²) in [5.74, 6) is 1.95. The predicted molar refractivity (Wildman–Crippen MR) is 126 cm³/mol. The van der Waals surface area contributed by atoms with Gasteiger partial charge in [0.05, 0.1) is 13.7 Å². The summed E-state index contributed by atoms with van der Waals surface area (Å²) in [4.78, 5) is 0. The standard InChI is InChI=1S/C28H30O3/c1-30-24-14-12-22(13-15-24)20-31-17-16-25-27(19-29)28(25)26(23-10-6-3-7-11-23)18-21-8-4-2-5-9-21/h2-15,18,25,27-29H,16-17,19-20H2,1H3/b26-18+. The summed E-state index contributed by atoms with van der Waals surface area (Å²) in [6.45, 7) is 1.50. The summed E-state index contributed by atoms with van der Waals surface area (Å²) in [6, 6.07) is 28.9. The van der Waals surface area contributed by atoms with Gasteiger partial charge in [-0.1, -0.05) is 78.9 Å². The number of benzene rings is 3. The molecule has 0 amide bonds. The van der Waals surface area contributed by atoms with Gasteiger partial charge in [0.2, 0.25) is 0 Å². The average Bonchev–Trinajstić information content (AvgIpc) is 3.54. The summed E-state index contributed by atoms with van der Waals surface area (Å²) in [5.41, 5.74) is 4.88. The van der Waals surface area contributed by atoms with Crippen LogP contribution in [-0.2, 0) is 11.3 Å². The maximum Gasteiger partial charge on any atom is 0.118 e. The highest BCUT2D eigenvalue weighted by atomic mass is 16.5. The highest BCUT2D eigenvalue weighted by Gasteiger charge is 2.50. The van der Waals surface area contributed by atoms with Crippen LogP contribution in [0, 0.1) is 17.8 Å². The molecule has 0 aliphatic heterocycles. The van der Waals surface area contributed by atoms with Gasteiger partial charge < -0.3 is 14.6 Å². The summed E-state index contributed by atoms with van der Waals surface area (Å²) < 4.78 is 11.1. The molecule has 1 saturated carbocycles. The van der Waals surface area contributed by atoms with E-state index < -0.39 is 0 Å². The summed E-state index contributed by atoms with van der Waals surface area (Å²) in [6.07, 6.45) is 3.23. The van der Waals surface area contributed by atoms with Crippen LogP contribution in [0.1, 0.15) is 23.1 Å². The first-order valence-corrected chi connectivity index (χ1v) is 10.9. The van der Waals surface area contributed by atoms with E-state index in [9.17, 15) is 5.11 Å². The van der Waals surface area contributed by atoms with Crippen molar-refractivity contribution in [2.24, 2.45) is 17.8 Å². The highest BCUT2D eigenvalue weighted by molar-refractivity contribution is 5.84. The molecule has 1 fully saturated rings. The van der Waals surface area contributed by atoms with Gasteiger partial charge in [0, 0.05) is 13.2 Å². The quantitative estimate of drug-likeness (QED) is 0.342. The molecule has 3 aromatic carbocycles. The van der Waals surface area contributed by atoms with E-state index in [2.05, 4.69) is 54.6 Å². The molecule has 0 aromatic heterocycles. The molecule has 0 radical (unpaired) electrons. The average molecular weight is 415 g/mol. The van der Waals surface area contributed by atoms with Crippen molar-refractivity contribution in [1.82, 2.24) is 0 Å². The number of rotatable bonds is 10. The van der Waals surface area contributed by atoms with Crippen LogP contribution in [0.3, 0.4) is 0 Å². The Bertz CT molecular complexity index is 964. The number of methoxy groups -OCH3 is 1. The first kappa shape index (κ1) is 21.4. The molecule has 4 rings (SSSR count). The molecule has 0 spiro atoms. The summed E-state index contributed by atoms with van der Waals surface area (Å²) in [7, 11) is 1.67. The fourth-order valence-electron chi connectivity index (χ4n) is 4.41. The molecule has 3 unspecified atom stereocenters. The fourth-order valence-corrected chi connectivity index (χ4v) is 4.41. The Morgan fingerprint density at radius 1 is 0.871 bits per heavy atom. The van der Waals surface area contributed by atoms with Crippen LogP contribution >= 0.6 is 0 Å². The van der Waals surface area contributed by atoms with Gasteiger partial charge in [-0.3, -0.25) is 0 Å². The van der Waals surface area contributed by atoms with Gasteiger partial charge in [0.15, 0.2) is 0 Å². The molecule has 1 aliphatic carbocycles. The largest absolute Gasteiger partial charge is 0.497 e. The van der Waals surface area contributed by atoms with Crippen LogP contribution in [-0.4, -0.2) is 25.4 Å². The van der Waals surface area contributed by atoms with E-state index in [1.165, 1.54) is 16.7 Å². The molecule has 0 saturated heterocycles. The van der Waals surface area contributed by atoms with Crippen LogP contribution in [0.15, 0.2) is 84.9 Å². The number of hydrogen-bond acceptors (Lipinski definition) is 3. The number of hydrogen-bond donors (Lipinski definition) is 1. The van der Waals surface area contributed by atoms with Gasteiger partial charge in [-0.05, 0) is 58.6 Å². The molecular formula is C28H30O3. The Morgan fingerprint density at radius 2 is 1.55 bits per heavy atom. The molecule has 31 heavy (non-hydrogen) atoms. The van der Waals surface area contributed by atoms with E-state index in [0.29, 0.717) is 31.0 Å². The Morgan fingerprint density at radius 3 is 2.19 bits per heavy atom. The molecule has 160 valence electrons. The molecular weight excluding hydrogens is 384 g/mol. The van der Waals surface area contributed by atoms with Crippen LogP contribution in [0.5, 0.6) is 5.75 Å². The number of ether oxygens (including phenoxy) is 2. The fraction of sp³-hybridized carbons (Fsp3) is 0.286. The zero-order chi connectivity index (χ0) is 21.5. The zero-order valence-electron chi connectivity index (χ0n) is 18.0. The van der Waals surface area contributed by atoms with Crippen molar-refractivity contribution in [3.8, 4) is 5.75 Å². The SMILES string of the molecule is COc1ccc(COCCC2C(CO)C2/C(=C/c2ccccc2)c2ccccc2)cc1. The van der Waals surface area contributed by atoms with Crippen molar-refractivity contribution in [2.45, 2.75) is 13.0 Å². The summed E-state index contributed by atoms with van der Waals surface area (Å²) >= 11 is 0. The first-order chi connectivity index (χ1) is 15.3. The topological polar surface area (TPSA) is 38.7 Å². The van der Waals surface area contributed by atoms with Crippen molar-refractivity contribution in [2.75, 3.05) is 20.3 Å². The lowest BCUT2D eigenvalue weighted by Gasteiger charge is -2.09. The normalized spacial score (nSPS) is 20.5. The third-order valence-electron chi connectivity index (χ3n) is 6.15. The van der Waals surface area contributed by atoms with Crippen LogP contribution in [0.4, 0.5) is 0 Å². The molecule has 1 N–H and O–H groups in total. The second kappa shape index (κ2) is 10.4. The lowest BCUT2D eigenvalue weighted by molar-refractivity contribution is 0.112. The lowest BCUT2D eigenvalue weighted by Crippen LogP contribution is -1.99. The van der Waals surface area contributed by atoms with E-state index in [1.807, 2.05) is 36.4 Å². The van der Waals surface area contributed by atoms with Crippen LogP contribution in [0.25, 0.3) is 11.6 Å². The second-order valence-corrected chi connectivity index (χ2v) is 8.10. The van der Waals surface area contributed by atoms with Gasteiger partial charge in [-0.15, -0.1) is 0 Å². The second-order valence-electron chi connectivity index (χ2n) is 8.10. The predicted octanol–water partition coefficient (Wildman–Crippen LogP) is 5.70. The summed E-state index contributed by atoms with van der Waals surface area (Å²) in [5, 5.41) is 10.0. The maximum absolute atomic E-state index is 10.0. The van der Waals surface area contributed by atoms with E-state index in [-0.39, 0.29) is 6.61 Å². The Hall–Kier alpha value is -2.88. The van der Waals surface area contributed by atoms with Gasteiger partial charge in [0.1, 0.15) is 5.75 Å². The zero-order valence-corrected chi connectivity index (χ0v) is 18.0. The minimum atomic E-state index is 0.215. The lowest BCUT2D eigenvalue weighted by atomic mass is 9.96. The number of aliphatic hydroxyl groups excluding tert-OH is 1. The van der Waals surface area contributed by atoms with Crippen molar-refractivity contribution in [3.63, 3.8) is 0 Å². The van der Waals surface area contributed by atoms with Crippen LogP contribution in [0.2, 0.25) is 0 Å². The molecule has 3 atom stereocenters. The van der Waals surface area contributed by atoms with Gasteiger partial charge in [-0.25, -0.2) is 0 Å². The molecule has 3 aromatic rings. The monoisotopic (exact) mass is 414 g/mol. The maximum atomic E-state index is 10.0. The Kier molecular flexibility index (Phi) is 7.18. The smallest absolute Gasteiger partial charge is 0.118 e. The van der Waals surface area contributed by atoms with E-state index in [4.69, 9.17) is 9.47 Å². The van der Waals surface area contributed by atoms with Crippen molar-refractivity contribution in [1.29, 1.82) is 0 Å². The minimum Gasteiger partial charge on any atom is -0.497 e. The third kappa shape index (κ3) is 5.43. The van der Waals surface area contributed by atoms with E-state index >= 15 is 0 Å². The molecule has 1 aliphatic rings. The molecule has 0 heterocycles. The van der Waals surface area contributed by atoms with E-state index in [0.717, 1.165) is 17.7 Å². The van der Waals surface area contributed by atoms with E-state index in [1.54, 1.807) is 7.11 Å². The molecule has 0 bridgehead atoms. The highest BCUT2D eigenvalue weighted by Crippen LogP contribution is 2.56. The minimum absolute atomic E-state index is 0.215. The number of aliphatic hydroxyl groups is 1.